The lowest BCUT2D eigenvalue weighted by atomic mass is 9.72. The molecule has 2 heterocycles. The van der Waals surface area contributed by atoms with Gasteiger partial charge >= 0.3 is 6.03 Å². The van der Waals surface area contributed by atoms with Crippen LogP contribution in [0.4, 0.5) is 16.3 Å². The van der Waals surface area contributed by atoms with Crippen LogP contribution in [0.25, 0.3) is 5.69 Å². The van der Waals surface area contributed by atoms with Gasteiger partial charge in [-0.2, -0.15) is 5.10 Å². The first kappa shape index (κ1) is 31.5. The van der Waals surface area contributed by atoms with Crippen LogP contribution in [0.15, 0.2) is 78.9 Å². The van der Waals surface area contributed by atoms with Gasteiger partial charge < -0.3 is 15.4 Å². The van der Waals surface area contributed by atoms with Crippen molar-refractivity contribution in [2.75, 3.05) is 30.8 Å². The van der Waals surface area contributed by atoms with Crippen LogP contribution >= 0.6 is 0 Å². The van der Waals surface area contributed by atoms with Crippen molar-refractivity contribution in [3.05, 3.63) is 101 Å². The molecule has 46 heavy (non-hydrogen) atoms. The van der Waals surface area contributed by atoms with Gasteiger partial charge in [-0.1, -0.05) is 62.7 Å². The molecule has 1 saturated carbocycles. The summed E-state index contributed by atoms with van der Waals surface area (Å²) < 4.78 is 7.13. The number of nitrogens with one attached hydrogen (secondary N) is 3. The van der Waals surface area contributed by atoms with Gasteiger partial charge in [0.1, 0.15) is 11.6 Å². The highest BCUT2D eigenvalue weighted by molar-refractivity contribution is 6.00. The normalized spacial score (nSPS) is 16.8. The van der Waals surface area contributed by atoms with E-state index < -0.39 is 5.41 Å². The molecule has 8 nitrogen and oxygen atoms in total. The van der Waals surface area contributed by atoms with Gasteiger partial charge in [0.2, 0.25) is 0 Å². The summed E-state index contributed by atoms with van der Waals surface area (Å²) in [4.78, 5) is 27.7. The number of benzene rings is 3. The Bertz CT molecular complexity index is 1670. The number of nitrogens with zero attached hydrogens (tertiary/aromatic N) is 2. The fourth-order valence-corrected chi connectivity index (χ4v) is 6.60. The first-order chi connectivity index (χ1) is 22.1. The van der Waals surface area contributed by atoms with E-state index in [1.54, 1.807) is 11.8 Å². The minimum atomic E-state index is -0.440. The molecule has 2 aliphatic rings. The zero-order valence-electron chi connectivity index (χ0n) is 27.5. The van der Waals surface area contributed by atoms with Crippen molar-refractivity contribution in [1.29, 1.82) is 0 Å². The molecule has 2 amide bonds. The average molecular weight is 620 g/mol. The van der Waals surface area contributed by atoms with Gasteiger partial charge in [-0.25, -0.2) is 9.48 Å². The summed E-state index contributed by atoms with van der Waals surface area (Å²) in [5, 5.41) is 14.3. The molecule has 0 spiro atoms. The van der Waals surface area contributed by atoms with E-state index in [-0.39, 0.29) is 23.3 Å². The number of anilines is 2. The zero-order chi connectivity index (χ0) is 32.5. The molecule has 1 aromatic heterocycles. The Morgan fingerprint density at radius 1 is 0.935 bits per heavy atom. The van der Waals surface area contributed by atoms with Gasteiger partial charge in [-0.15, -0.1) is 0 Å². The van der Waals surface area contributed by atoms with E-state index in [2.05, 4.69) is 36.7 Å². The largest absolute Gasteiger partial charge is 0.497 e. The highest BCUT2D eigenvalue weighted by Gasteiger charge is 2.54. The summed E-state index contributed by atoms with van der Waals surface area (Å²) >= 11 is 0. The molecular weight excluding hydrogens is 574 g/mol. The van der Waals surface area contributed by atoms with Crippen LogP contribution in [0.2, 0.25) is 0 Å². The second-order valence-corrected chi connectivity index (χ2v) is 13.9. The van der Waals surface area contributed by atoms with E-state index >= 15 is 0 Å². The van der Waals surface area contributed by atoms with Crippen LogP contribution < -0.4 is 20.7 Å². The third kappa shape index (κ3) is 6.58. The van der Waals surface area contributed by atoms with Gasteiger partial charge in [0.25, 0.3) is 0 Å². The minimum absolute atomic E-state index is 0.187. The van der Waals surface area contributed by atoms with Crippen molar-refractivity contribution in [3.63, 3.8) is 0 Å². The zero-order valence-corrected chi connectivity index (χ0v) is 27.5. The average Bonchev–Trinajstić information content (AvgIpc) is 3.76. The smallest absolute Gasteiger partial charge is 0.324 e. The topological polar surface area (TPSA) is 97.3 Å². The number of ketones is 1. The summed E-state index contributed by atoms with van der Waals surface area (Å²) in [6.07, 6.45) is 3.66. The Morgan fingerprint density at radius 3 is 2.17 bits per heavy atom. The van der Waals surface area contributed by atoms with Crippen molar-refractivity contribution in [2.24, 2.45) is 5.92 Å². The Labute approximate surface area is 271 Å². The molecular formula is C38H45N5O3. The van der Waals surface area contributed by atoms with Gasteiger partial charge in [-0.3, -0.25) is 10.1 Å². The number of aromatic nitrogens is 2. The van der Waals surface area contributed by atoms with Crippen LogP contribution in [0.3, 0.4) is 0 Å². The molecule has 1 aliphatic heterocycles. The number of carbonyl (C=O) groups is 2. The number of amides is 2. The monoisotopic (exact) mass is 619 g/mol. The molecule has 0 bridgehead atoms. The Hall–Kier alpha value is -4.43. The first-order valence-corrected chi connectivity index (χ1v) is 16.3. The number of methoxy groups -OCH3 is 1. The number of ether oxygens (including phenoxy) is 1. The van der Waals surface area contributed by atoms with E-state index in [1.165, 1.54) is 0 Å². The molecule has 240 valence electrons. The fourth-order valence-electron chi connectivity index (χ4n) is 6.60. The minimum Gasteiger partial charge on any atom is -0.497 e. The van der Waals surface area contributed by atoms with Crippen molar-refractivity contribution in [3.8, 4) is 11.4 Å². The Morgan fingerprint density at radius 2 is 1.59 bits per heavy atom. The predicted molar refractivity (Wildman–Crippen MR) is 183 cm³/mol. The standard InChI is InChI=1S/C38H45N5O3/c1-25-6-14-30(15-7-25)43-33(24-32(42-43)37(2,3)4)41-36(45)40-29-12-8-26(9-13-29)34(27-18-22-39-23-19-27)35(44)38(20-21-38)28-10-16-31(46-5)17-11-28/h6-17,24,27,34,39H,18-23H2,1-5H3,(H2,40,41,45). The second kappa shape index (κ2) is 12.8. The quantitative estimate of drug-likeness (QED) is 0.180. The molecule has 1 atom stereocenters. The van der Waals surface area contributed by atoms with Gasteiger partial charge in [-0.05, 0) is 99.1 Å². The summed E-state index contributed by atoms with van der Waals surface area (Å²) in [7, 11) is 1.66. The lowest BCUT2D eigenvalue weighted by Crippen LogP contribution is -2.37. The number of urea groups is 1. The summed E-state index contributed by atoms with van der Waals surface area (Å²) in [5.41, 5.74) is 5.02. The molecule has 3 aromatic carbocycles. The maximum Gasteiger partial charge on any atom is 0.324 e. The maximum absolute atomic E-state index is 14.4. The lowest BCUT2D eigenvalue weighted by Gasteiger charge is -2.33. The van der Waals surface area contributed by atoms with E-state index in [4.69, 9.17) is 9.84 Å². The van der Waals surface area contributed by atoms with Crippen LogP contribution in [-0.2, 0) is 15.6 Å². The SMILES string of the molecule is COc1ccc(C2(C(=O)C(c3ccc(NC(=O)Nc4cc(C(C)(C)C)nn4-c4ccc(C)cc4)cc3)C3CCNCC3)CC2)cc1. The van der Waals surface area contributed by atoms with Gasteiger partial charge in [0, 0.05) is 23.1 Å². The third-order valence-corrected chi connectivity index (χ3v) is 9.53. The molecule has 1 aliphatic carbocycles. The predicted octanol–water partition coefficient (Wildman–Crippen LogP) is 7.51. The molecule has 1 saturated heterocycles. The first-order valence-electron chi connectivity index (χ1n) is 16.3. The molecule has 6 rings (SSSR count). The van der Waals surface area contributed by atoms with E-state index in [1.807, 2.05) is 85.8 Å². The van der Waals surface area contributed by atoms with E-state index in [9.17, 15) is 9.59 Å². The number of aryl methyl sites for hydroxylation is 1. The molecule has 8 heteroatoms. The van der Waals surface area contributed by atoms with Crippen LogP contribution in [0.5, 0.6) is 5.75 Å². The Kier molecular flexibility index (Phi) is 8.75. The highest BCUT2D eigenvalue weighted by atomic mass is 16.5. The van der Waals surface area contributed by atoms with Crippen molar-refractivity contribution in [2.45, 2.75) is 70.1 Å². The molecule has 3 N–H and O–H groups in total. The summed E-state index contributed by atoms with van der Waals surface area (Å²) in [5.74, 6) is 1.76. The lowest BCUT2D eigenvalue weighted by molar-refractivity contribution is -0.124. The number of piperidine rings is 1. The van der Waals surface area contributed by atoms with Crippen molar-refractivity contribution < 1.29 is 14.3 Å². The number of hydrogen-bond donors (Lipinski definition) is 3. The molecule has 0 radical (unpaired) electrons. The van der Waals surface area contributed by atoms with Crippen LogP contribution in [-0.4, -0.2) is 41.8 Å². The fraction of sp³-hybridized carbons (Fsp3) is 0.395. The number of hydrogen-bond acceptors (Lipinski definition) is 5. The molecule has 4 aromatic rings. The maximum atomic E-state index is 14.4. The van der Waals surface area contributed by atoms with Gasteiger partial charge in [0.05, 0.1) is 23.9 Å². The van der Waals surface area contributed by atoms with E-state index in [0.29, 0.717) is 17.3 Å². The van der Waals surface area contributed by atoms with Crippen molar-refractivity contribution in [1.82, 2.24) is 15.1 Å². The Balaban J connectivity index is 1.21. The van der Waals surface area contributed by atoms with Gasteiger partial charge in [0.15, 0.2) is 5.78 Å². The van der Waals surface area contributed by atoms with Crippen LogP contribution in [0.1, 0.15) is 74.8 Å². The van der Waals surface area contributed by atoms with E-state index in [0.717, 1.165) is 72.6 Å². The second-order valence-electron chi connectivity index (χ2n) is 13.9. The molecule has 2 fully saturated rings. The van der Waals surface area contributed by atoms with Crippen LogP contribution in [0, 0.1) is 12.8 Å². The third-order valence-electron chi connectivity index (χ3n) is 9.53. The summed E-state index contributed by atoms with van der Waals surface area (Å²) in [6.45, 7) is 10.2. The highest BCUT2D eigenvalue weighted by Crippen LogP contribution is 2.53. The molecule has 1 unspecified atom stereocenters. The number of Topliss-reactive ketones (excluding diaryl/α,β-unsaturated/α-hetero) is 1. The number of rotatable bonds is 9. The summed E-state index contributed by atoms with van der Waals surface area (Å²) in [6, 6.07) is 25.4. The van der Waals surface area contributed by atoms with Crippen molar-refractivity contribution >= 4 is 23.3 Å². The number of carbonyl (C=O) groups excluding carboxylic acids is 2.